The van der Waals surface area contributed by atoms with Gasteiger partial charge in [-0.3, -0.25) is 0 Å². The first-order valence-corrected chi connectivity index (χ1v) is 7.11. The van der Waals surface area contributed by atoms with Crippen molar-refractivity contribution < 1.29 is 0 Å². The standard InChI is InChI=1S/C14H17NS/c1-14-7-3-4-11(14)8-10-9-12(16-2)5-6-13(10)15-14/h5-6,8-9,15H,3-4,7H2,1-2H3. The van der Waals surface area contributed by atoms with Gasteiger partial charge in [-0.25, -0.2) is 0 Å². The fourth-order valence-electron chi connectivity index (χ4n) is 2.83. The van der Waals surface area contributed by atoms with E-state index in [4.69, 9.17) is 0 Å². The highest BCUT2D eigenvalue weighted by Gasteiger charge is 2.36. The maximum absolute atomic E-state index is 3.71. The number of benzene rings is 1. The van der Waals surface area contributed by atoms with E-state index in [-0.39, 0.29) is 5.54 Å². The predicted octanol–water partition coefficient (Wildman–Crippen LogP) is 4.16. The Balaban J connectivity index is 2.08. The van der Waals surface area contributed by atoms with Crippen LogP contribution in [0.3, 0.4) is 0 Å². The third-order valence-corrected chi connectivity index (χ3v) is 4.56. The lowest BCUT2D eigenvalue weighted by Gasteiger charge is -2.34. The molecule has 2 aliphatic rings. The Bertz CT molecular complexity index is 464. The van der Waals surface area contributed by atoms with Crippen LogP contribution < -0.4 is 5.32 Å². The molecule has 0 radical (unpaired) electrons. The summed E-state index contributed by atoms with van der Waals surface area (Å²) in [5.74, 6) is 0. The molecule has 1 nitrogen and oxygen atoms in total. The van der Waals surface area contributed by atoms with Crippen LogP contribution in [0.1, 0.15) is 31.7 Å². The Morgan fingerprint density at radius 2 is 2.25 bits per heavy atom. The van der Waals surface area contributed by atoms with Crippen LogP contribution in [0.25, 0.3) is 6.08 Å². The number of hydrogen-bond donors (Lipinski definition) is 1. The van der Waals surface area contributed by atoms with Gasteiger partial charge in [-0.05, 0) is 61.8 Å². The van der Waals surface area contributed by atoms with E-state index in [1.165, 1.54) is 35.4 Å². The van der Waals surface area contributed by atoms with E-state index in [0.717, 1.165) is 0 Å². The van der Waals surface area contributed by atoms with Gasteiger partial charge in [-0.1, -0.05) is 6.08 Å². The average Bonchev–Trinajstić information content (AvgIpc) is 2.65. The quantitative estimate of drug-likeness (QED) is 0.728. The second-order valence-electron chi connectivity index (χ2n) is 4.93. The SMILES string of the molecule is CSc1ccc2c(c1)C=C1CCCC1(C)N2. The molecular weight excluding hydrogens is 214 g/mol. The van der Waals surface area contributed by atoms with Gasteiger partial charge >= 0.3 is 0 Å². The normalized spacial score (nSPS) is 26.8. The first kappa shape index (κ1) is 10.3. The molecule has 1 atom stereocenters. The van der Waals surface area contributed by atoms with Gasteiger partial charge in [-0.2, -0.15) is 0 Å². The van der Waals surface area contributed by atoms with Gasteiger partial charge in [-0.15, -0.1) is 11.8 Å². The van der Waals surface area contributed by atoms with Gasteiger partial charge in [0.2, 0.25) is 0 Å². The highest BCUT2D eigenvalue weighted by Crippen LogP contribution is 2.43. The Morgan fingerprint density at radius 1 is 1.38 bits per heavy atom. The smallest absolute Gasteiger partial charge is 0.0560 e. The zero-order valence-corrected chi connectivity index (χ0v) is 10.7. The molecule has 3 rings (SSSR count). The number of rotatable bonds is 1. The second-order valence-corrected chi connectivity index (χ2v) is 5.81. The van der Waals surface area contributed by atoms with Crippen molar-refractivity contribution in [3.63, 3.8) is 0 Å². The maximum Gasteiger partial charge on any atom is 0.0560 e. The first-order chi connectivity index (χ1) is 7.71. The van der Waals surface area contributed by atoms with Crippen molar-refractivity contribution in [2.45, 2.75) is 36.6 Å². The van der Waals surface area contributed by atoms with E-state index in [9.17, 15) is 0 Å². The third-order valence-electron chi connectivity index (χ3n) is 3.83. The van der Waals surface area contributed by atoms with Crippen LogP contribution in [0.4, 0.5) is 5.69 Å². The molecule has 1 unspecified atom stereocenters. The molecule has 1 aromatic carbocycles. The van der Waals surface area contributed by atoms with Crippen LogP contribution in [-0.2, 0) is 0 Å². The molecule has 1 aliphatic heterocycles. The third kappa shape index (κ3) is 1.47. The van der Waals surface area contributed by atoms with Gasteiger partial charge in [0.25, 0.3) is 0 Å². The highest BCUT2D eigenvalue weighted by molar-refractivity contribution is 7.98. The van der Waals surface area contributed by atoms with Crippen LogP contribution in [0, 0.1) is 0 Å². The number of hydrogen-bond acceptors (Lipinski definition) is 2. The number of thioether (sulfide) groups is 1. The summed E-state index contributed by atoms with van der Waals surface area (Å²) in [4.78, 5) is 1.35. The van der Waals surface area contributed by atoms with E-state index in [1.807, 2.05) is 11.8 Å². The summed E-state index contributed by atoms with van der Waals surface area (Å²) in [5.41, 5.74) is 4.47. The lowest BCUT2D eigenvalue weighted by Crippen LogP contribution is -2.35. The van der Waals surface area contributed by atoms with E-state index in [0.29, 0.717) is 0 Å². The zero-order valence-electron chi connectivity index (χ0n) is 9.84. The molecule has 1 saturated carbocycles. The molecule has 1 aliphatic carbocycles. The van der Waals surface area contributed by atoms with E-state index >= 15 is 0 Å². The van der Waals surface area contributed by atoms with E-state index in [2.05, 4.69) is 42.8 Å². The molecule has 1 fully saturated rings. The highest BCUT2D eigenvalue weighted by atomic mass is 32.2. The van der Waals surface area contributed by atoms with Crippen LogP contribution in [0.15, 0.2) is 28.7 Å². The molecule has 0 amide bonds. The van der Waals surface area contributed by atoms with Crippen molar-refractivity contribution in [3.8, 4) is 0 Å². The Labute approximate surface area is 101 Å². The molecule has 0 bridgehead atoms. The minimum atomic E-state index is 0.230. The molecule has 2 heteroatoms. The molecule has 1 aromatic rings. The molecule has 1 heterocycles. The van der Waals surface area contributed by atoms with Gasteiger partial charge in [0.05, 0.1) is 5.54 Å². The van der Waals surface area contributed by atoms with Crippen LogP contribution in [0.5, 0.6) is 0 Å². The lowest BCUT2D eigenvalue weighted by molar-refractivity contribution is 0.611. The summed E-state index contributed by atoms with van der Waals surface area (Å²) in [7, 11) is 0. The van der Waals surface area contributed by atoms with Crippen molar-refractivity contribution in [2.24, 2.45) is 0 Å². The van der Waals surface area contributed by atoms with Crippen molar-refractivity contribution in [3.05, 3.63) is 29.3 Å². The minimum absolute atomic E-state index is 0.230. The summed E-state index contributed by atoms with van der Waals surface area (Å²) in [6, 6.07) is 6.71. The van der Waals surface area contributed by atoms with Crippen molar-refractivity contribution in [1.29, 1.82) is 0 Å². The molecule has 16 heavy (non-hydrogen) atoms. The Kier molecular flexibility index (Phi) is 2.28. The summed E-state index contributed by atoms with van der Waals surface area (Å²) in [5, 5.41) is 3.71. The maximum atomic E-state index is 3.71. The average molecular weight is 231 g/mol. The van der Waals surface area contributed by atoms with Crippen LogP contribution in [-0.4, -0.2) is 11.8 Å². The van der Waals surface area contributed by atoms with Gasteiger partial charge < -0.3 is 5.32 Å². The summed E-state index contributed by atoms with van der Waals surface area (Å²) < 4.78 is 0. The summed E-state index contributed by atoms with van der Waals surface area (Å²) in [6.45, 7) is 2.33. The number of fused-ring (bicyclic) bond motifs is 2. The number of anilines is 1. The number of nitrogens with one attached hydrogen (secondary N) is 1. The van der Waals surface area contributed by atoms with Crippen molar-refractivity contribution in [1.82, 2.24) is 0 Å². The van der Waals surface area contributed by atoms with Crippen LogP contribution in [0.2, 0.25) is 0 Å². The molecule has 0 spiro atoms. The summed E-state index contributed by atoms with van der Waals surface area (Å²) >= 11 is 1.81. The minimum Gasteiger partial charge on any atom is -0.376 e. The molecule has 0 saturated heterocycles. The van der Waals surface area contributed by atoms with E-state index < -0.39 is 0 Å². The first-order valence-electron chi connectivity index (χ1n) is 5.88. The molecule has 1 N–H and O–H groups in total. The monoisotopic (exact) mass is 231 g/mol. The van der Waals surface area contributed by atoms with E-state index in [1.54, 1.807) is 5.57 Å². The van der Waals surface area contributed by atoms with Crippen molar-refractivity contribution in [2.75, 3.05) is 11.6 Å². The van der Waals surface area contributed by atoms with Gasteiger partial charge in [0, 0.05) is 10.6 Å². The summed E-state index contributed by atoms with van der Waals surface area (Å²) in [6.07, 6.45) is 8.37. The second kappa shape index (κ2) is 3.56. The van der Waals surface area contributed by atoms with Gasteiger partial charge in [0.1, 0.15) is 0 Å². The molecular formula is C14H17NS. The zero-order chi connectivity index (χ0) is 11.2. The lowest BCUT2D eigenvalue weighted by atomic mass is 9.89. The Morgan fingerprint density at radius 3 is 3.06 bits per heavy atom. The topological polar surface area (TPSA) is 12.0 Å². The Hall–Kier alpha value is -0.890. The van der Waals surface area contributed by atoms with Crippen molar-refractivity contribution >= 4 is 23.5 Å². The van der Waals surface area contributed by atoms with Crippen LogP contribution >= 0.6 is 11.8 Å². The molecule has 0 aromatic heterocycles. The molecule has 84 valence electrons. The van der Waals surface area contributed by atoms with Gasteiger partial charge in [0.15, 0.2) is 0 Å². The fraction of sp³-hybridized carbons (Fsp3) is 0.429. The fourth-order valence-corrected chi connectivity index (χ4v) is 3.28. The predicted molar refractivity (Wildman–Crippen MR) is 72.1 cm³/mol. The largest absolute Gasteiger partial charge is 0.376 e.